The second-order valence-corrected chi connectivity index (χ2v) is 6.85. The molecule has 0 aliphatic rings. The lowest BCUT2D eigenvalue weighted by Gasteiger charge is -2.10. The van der Waals surface area contributed by atoms with Crippen LogP contribution in [0.1, 0.15) is 17.3 Å². The molecule has 3 rings (SSSR count). The number of thioether (sulfide) groups is 1. The Morgan fingerprint density at radius 1 is 1.19 bits per heavy atom. The quantitative estimate of drug-likeness (QED) is 0.438. The van der Waals surface area contributed by atoms with Crippen molar-refractivity contribution in [3.05, 3.63) is 59.1 Å². The van der Waals surface area contributed by atoms with Gasteiger partial charge in [0.05, 0.1) is 18.4 Å². The van der Waals surface area contributed by atoms with E-state index in [0.717, 1.165) is 5.56 Å². The first-order chi connectivity index (χ1) is 12.6. The third-order valence-corrected chi connectivity index (χ3v) is 5.07. The Morgan fingerprint density at radius 3 is 2.65 bits per heavy atom. The highest BCUT2D eigenvalue weighted by Crippen LogP contribution is 2.33. The fourth-order valence-corrected chi connectivity index (χ4v) is 3.64. The number of benzene rings is 2. The monoisotopic (exact) mass is 387 g/mol. The molecule has 0 atom stereocenters. The number of nitrogens with zero attached hydrogens (tertiary/aromatic N) is 3. The summed E-state index contributed by atoms with van der Waals surface area (Å²) in [6, 6.07) is 14.6. The molecule has 7 heteroatoms. The third-order valence-electron chi connectivity index (χ3n) is 3.86. The number of aromatic nitrogens is 3. The Labute approximate surface area is 161 Å². The van der Waals surface area contributed by atoms with Crippen molar-refractivity contribution in [1.82, 2.24) is 14.8 Å². The van der Waals surface area contributed by atoms with Gasteiger partial charge < -0.3 is 9.30 Å². The van der Waals surface area contributed by atoms with Crippen LogP contribution in [0.3, 0.4) is 0 Å². The standard InChI is InChI=1S/C19H18ClN3O2S/c1-3-23-18(15-11-14(20)9-10-17(15)25-2)21-22-19(23)26-12-16(24)13-7-5-4-6-8-13/h4-11H,3,12H2,1-2H3. The molecule has 2 aromatic carbocycles. The zero-order valence-corrected chi connectivity index (χ0v) is 16.0. The molecule has 3 aromatic rings. The number of hydrogen-bond acceptors (Lipinski definition) is 5. The summed E-state index contributed by atoms with van der Waals surface area (Å²) in [4.78, 5) is 12.3. The summed E-state index contributed by atoms with van der Waals surface area (Å²) in [5.41, 5.74) is 1.47. The van der Waals surface area contributed by atoms with Gasteiger partial charge in [0.15, 0.2) is 16.8 Å². The van der Waals surface area contributed by atoms with Crippen molar-refractivity contribution in [3.8, 4) is 17.1 Å². The van der Waals surface area contributed by atoms with Gasteiger partial charge in [-0.15, -0.1) is 10.2 Å². The molecule has 26 heavy (non-hydrogen) atoms. The highest BCUT2D eigenvalue weighted by Gasteiger charge is 2.18. The Balaban J connectivity index is 1.85. The predicted octanol–water partition coefficient (Wildman–Crippen LogP) is 4.60. The van der Waals surface area contributed by atoms with Crippen LogP contribution in [0, 0.1) is 0 Å². The molecular weight excluding hydrogens is 370 g/mol. The predicted molar refractivity (Wildman–Crippen MR) is 104 cm³/mol. The number of methoxy groups -OCH3 is 1. The highest BCUT2D eigenvalue weighted by molar-refractivity contribution is 7.99. The molecule has 0 radical (unpaired) electrons. The maximum atomic E-state index is 12.3. The molecular formula is C19H18ClN3O2S. The molecule has 0 N–H and O–H groups in total. The zero-order valence-electron chi connectivity index (χ0n) is 14.5. The summed E-state index contributed by atoms with van der Waals surface area (Å²) in [7, 11) is 1.60. The summed E-state index contributed by atoms with van der Waals surface area (Å²) in [5.74, 6) is 1.70. The highest BCUT2D eigenvalue weighted by atomic mass is 35.5. The average Bonchev–Trinajstić information content (AvgIpc) is 3.09. The van der Waals surface area contributed by atoms with Crippen LogP contribution in [0.5, 0.6) is 5.75 Å². The van der Waals surface area contributed by atoms with E-state index in [-0.39, 0.29) is 5.78 Å². The first-order valence-corrected chi connectivity index (χ1v) is 9.48. The average molecular weight is 388 g/mol. The Morgan fingerprint density at radius 2 is 1.96 bits per heavy atom. The van der Waals surface area contributed by atoms with Gasteiger partial charge in [-0.25, -0.2) is 0 Å². The normalized spacial score (nSPS) is 10.7. The first kappa shape index (κ1) is 18.5. The smallest absolute Gasteiger partial charge is 0.191 e. The Kier molecular flexibility index (Phi) is 5.96. The molecule has 1 aromatic heterocycles. The van der Waals surface area contributed by atoms with E-state index in [0.29, 0.717) is 39.6 Å². The number of Topliss-reactive ketones (excluding diaryl/α,β-unsaturated/α-hetero) is 1. The summed E-state index contributed by atoms with van der Waals surface area (Å²) in [6.45, 7) is 2.67. The van der Waals surface area contributed by atoms with Gasteiger partial charge >= 0.3 is 0 Å². The van der Waals surface area contributed by atoms with Gasteiger partial charge in [-0.1, -0.05) is 53.7 Å². The van der Waals surface area contributed by atoms with Crippen LogP contribution in [0.25, 0.3) is 11.4 Å². The lowest BCUT2D eigenvalue weighted by atomic mass is 10.2. The lowest BCUT2D eigenvalue weighted by Crippen LogP contribution is -2.05. The number of carbonyl (C=O) groups excluding carboxylic acids is 1. The minimum atomic E-state index is 0.0585. The van der Waals surface area contributed by atoms with E-state index in [4.69, 9.17) is 16.3 Å². The molecule has 0 saturated carbocycles. The topological polar surface area (TPSA) is 57.0 Å². The molecule has 0 aliphatic heterocycles. The fraction of sp³-hybridized carbons (Fsp3) is 0.211. The summed E-state index contributed by atoms with van der Waals surface area (Å²) >= 11 is 7.51. The van der Waals surface area contributed by atoms with E-state index in [2.05, 4.69) is 10.2 Å². The van der Waals surface area contributed by atoms with Gasteiger partial charge in [0.2, 0.25) is 0 Å². The Hall–Kier alpha value is -2.31. The van der Waals surface area contributed by atoms with Crippen molar-refractivity contribution in [3.63, 3.8) is 0 Å². The van der Waals surface area contributed by atoms with Crippen molar-refractivity contribution in [2.45, 2.75) is 18.6 Å². The van der Waals surface area contributed by atoms with E-state index >= 15 is 0 Å². The van der Waals surface area contributed by atoms with E-state index in [9.17, 15) is 4.79 Å². The lowest BCUT2D eigenvalue weighted by molar-refractivity contribution is 0.102. The van der Waals surface area contributed by atoms with E-state index in [1.165, 1.54) is 11.8 Å². The number of hydrogen-bond donors (Lipinski definition) is 0. The van der Waals surface area contributed by atoms with Crippen LogP contribution < -0.4 is 4.74 Å². The van der Waals surface area contributed by atoms with Gasteiger partial charge in [-0.3, -0.25) is 4.79 Å². The van der Waals surface area contributed by atoms with Crippen LogP contribution in [-0.4, -0.2) is 33.4 Å². The number of ketones is 1. The van der Waals surface area contributed by atoms with E-state index < -0.39 is 0 Å². The molecule has 0 saturated heterocycles. The van der Waals surface area contributed by atoms with Crippen LogP contribution in [0.15, 0.2) is 53.7 Å². The molecule has 0 spiro atoms. The molecule has 0 fully saturated rings. The van der Waals surface area contributed by atoms with Gasteiger partial charge in [0.1, 0.15) is 5.75 Å². The van der Waals surface area contributed by atoms with Crippen LogP contribution in [-0.2, 0) is 6.54 Å². The van der Waals surface area contributed by atoms with Gasteiger partial charge in [0, 0.05) is 17.1 Å². The number of carbonyl (C=O) groups is 1. The minimum absolute atomic E-state index is 0.0585. The summed E-state index contributed by atoms with van der Waals surface area (Å²) in [6.07, 6.45) is 0. The van der Waals surface area contributed by atoms with Gasteiger partial charge in [0.25, 0.3) is 0 Å². The van der Waals surface area contributed by atoms with Crippen molar-refractivity contribution in [2.24, 2.45) is 0 Å². The van der Waals surface area contributed by atoms with E-state index in [1.807, 2.05) is 41.8 Å². The maximum Gasteiger partial charge on any atom is 0.191 e. The second-order valence-electron chi connectivity index (χ2n) is 5.47. The number of rotatable bonds is 7. The van der Waals surface area contributed by atoms with Gasteiger partial charge in [-0.05, 0) is 25.1 Å². The zero-order chi connectivity index (χ0) is 18.5. The minimum Gasteiger partial charge on any atom is -0.496 e. The van der Waals surface area contributed by atoms with Crippen LogP contribution >= 0.6 is 23.4 Å². The number of ether oxygens (including phenoxy) is 1. The van der Waals surface area contributed by atoms with Crippen LogP contribution in [0.2, 0.25) is 5.02 Å². The van der Waals surface area contributed by atoms with Crippen LogP contribution in [0.4, 0.5) is 0 Å². The molecule has 134 valence electrons. The molecule has 0 unspecified atom stereocenters. The van der Waals surface area contributed by atoms with Crippen molar-refractivity contribution >= 4 is 29.1 Å². The molecule has 0 bridgehead atoms. The largest absolute Gasteiger partial charge is 0.496 e. The molecule has 1 heterocycles. The van der Waals surface area contributed by atoms with Crippen molar-refractivity contribution in [1.29, 1.82) is 0 Å². The van der Waals surface area contributed by atoms with Crippen molar-refractivity contribution < 1.29 is 9.53 Å². The summed E-state index contributed by atoms with van der Waals surface area (Å²) in [5, 5.41) is 9.84. The van der Waals surface area contributed by atoms with Gasteiger partial charge in [-0.2, -0.15) is 0 Å². The first-order valence-electron chi connectivity index (χ1n) is 8.12. The van der Waals surface area contributed by atoms with E-state index in [1.54, 1.807) is 25.3 Å². The Bertz CT molecular complexity index is 912. The van der Waals surface area contributed by atoms with Crippen molar-refractivity contribution in [2.75, 3.05) is 12.9 Å². The fourth-order valence-electron chi connectivity index (χ4n) is 2.57. The number of halogens is 1. The molecule has 0 aliphatic carbocycles. The SMILES string of the molecule is CCn1c(SCC(=O)c2ccccc2)nnc1-c1cc(Cl)ccc1OC. The maximum absolute atomic E-state index is 12.3. The molecule has 0 amide bonds. The molecule has 5 nitrogen and oxygen atoms in total. The second kappa shape index (κ2) is 8.38. The summed E-state index contributed by atoms with van der Waals surface area (Å²) < 4.78 is 7.37. The third kappa shape index (κ3) is 3.92.